The van der Waals surface area contributed by atoms with Crippen LogP contribution in [0.25, 0.3) is 0 Å². The van der Waals surface area contributed by atoms with Crippen LogP contribution in [0.5, 0.6) is 0 Å². The molecule has 2 fully saturated rings. The van der Waals surface area contributed by atoms with Crippen molar-refractivity contribution < 1.29 is 19.4 Å². The second kappa shape index (κ2) is 4.82. The normalized spacial score (nSPS) is 36.5. The summed E-state index contributed by atoms with van der Waals surface area (Å²) in [5.74, 6) is -2.15. The molecule has 0 bridgehead atoms. The number of carbonyl (C=O) groups excluding carboxylic acids is 1. The van der Waals surface area contributed by atoms with Crippen molar-refractivity contribution in [3.63, 3.8) is 0 Å². The molecule has 108 valence electrons. The van der Waals surface area contributed by atoms with Gasteiger partial charge in [0.15, 0.2) is 11.3 Å². The summed E-state index contributed by atoms with van der Waals surface area (Å²) in [5.41, 5.74) is 5.49. The number of hydrogen-bond donors (Lipinski definition) is 3. The van der Waals surface area contributed by atoms with Crippen LogP contribution in [0.3, 0.4) is 0 Å². The summed E-state index contributed by atoms with van der Waals surface area (Å²) in [6, 6.07) is 9.44. The van der Waals surface area contributed by atoms with E-state index < -0.39 is 23.3 Å². The zero-order valence-corrected chi connectivity index (χ0v) is 11.0. The molecule has 1 amide bonds. The predicted molar refractivity (Wildman–Crippen MR) is 70.5 cm³/mol. The highest BCUT2D eigenvalue weighted by Gasteiger charge is 2.64. The first-order chi connectivity index (χ1) is 9.56. The summed E-state index contributed by atoms with van der Waals surface area (Å²) >= 11 is 0. The molecule has 0 aromatic heterocycles. The lowest BCUT2D eigenvalue weighted by atomic mass is 9.82. The monoisotopic (exact) mass is 278 g/mol. The van der Waals surface area contributed by atoms with Crippen LogP contribution in [0.15, 0.2) is 30.3 Å². The second-order valence-electron chi connectivity index (χ2n) is 5.25. The zero-order chi connectivity index (χ0) is 14.2. The number of aliphatic hydroxyl groups is 1. The average Bonchev–Trinajstić information content (AvgIpc) is 2.77. The van der Waals surface area contributed by atoms with Crippen LogP contribution in [0.1, 0.15) is 12.0 Å². The van der Waals surface area contributed by atoms with Gasteiger partial charge in [0.2, 0.25) is 5.91 Å². The van der Waals surface area contributed by atoms with E-state index in [4.69, 9.17) is 15.2 Å². The molecular weight excluding hydrogens is 260 g/mol. The first-order valence-corrected chi connectivity index (χ1v) is 6.65. The third-order valence-electron chi connectivity index (χ3n) is 4.06. The molecule has 2 saturated heterocycles. The lowest BCUT2D eigenvalue weighted by Crippen LogP contribution is -2.73. The third kappa shape index (κ3) is 1.92. The van der Waals surface area contributed by atoms with Gasteiger partial charge in [0.25, 0.3) is 0 Å². The highest BCUT2D eigenvalue weighted by atomic mass is 16.6. The molecule has 4 N–H and O–H groups in total. The van der Waals surface area contributed by atoms with Gasteiger partial charge in [0, 0.05) is 13.0 Å². The van der Waals surface area contributed by atoms with E-state index in [-0.39, 0.29) is 13.0 Å². The van der Waals surface area contributed by atoms with Crippen LogP contribution in [-0.4, -0.2) is 41.6 Å². The number of fused-ring (bicyclic) bond motifs is 1. The van der Waals surface area contributed by atoms with E-state index in [2.05, 4.69) is 5.32 Å². The van der Waals surface area contributed by atoms with Crippen LogP contribution in [0, 0.1) is 0 Å². The lowest BCUT2D eigenvalue weighted by molar-refractivity contribution is -0.288. The summed E-state index contributed by atoms with van der Waals surface area (Å²) in [5, 5.41) is 13.4. The number of benzene rings is 1. The van der Waals surface area contributed by atoms with Crippen LogP contribution in [-0.2, 0) is 20.9 Å². The Balaban J connectivity index is 1.80. The topological polar surface area (TPSA) is 93.8 Å². The summed E-state index contributed by atoms with van der Waals surface area (Å²) in [7, 11) is 0. The summed E-state index contributed by atoms with van der Waals surface area (Å²) in [4.78, 5) is 12.0. The highest BCUT2D eigenvalue weighted by molar-refractivity contribution is 5.90. The van der Waals surface area contributed by atoms with Gasteiger partial charge >= 0.3 is 0 Å². The van der Waals surface area contributed by atoms with E-state index in [0.29, 0.717) is 13.2 Å². The molecule has 1 aromatic carbocycles. The van der Waals surface area contributed by atoms with E-state index in [1.165, 1.54) is 0 Å². The Morgan fingerprint density at radius 2 is 2.20 bits per heavy atom. The van der Waals surface area contributed by atoms with Crippen molar-refractivity contribution in [2.24, 2.45) is 5.73 Å². The van der Waals surface area contributed by atoms with E-state index in [9.17, 15) is 9.90 Å². The molecule has 2 aliphatic rings. The van der Waals surface area contributed by atoms with E-state index >= 15 is 0 Å². The number of rotatable bonds is 3. The lowest BCUT2D eigenvalue weighted by Gasteiger charge is -2.46. The fourth-order valence-electron chi connectivity index (χ4n) is 2.77. The van der Waals surface area contributed by atoms with Crippen LogP contribution < -0.4 is 11.1 Å². The fraction of sp³-hybridized carbons (Fsp3) is 0.500. The molecule has 2 heterocycles. The Labute approximate surface area is 116 Å². The van der Waals surface area contributed by atoms with Crippen molar-refractivity contribution in [3.8, 4) is 0 Å². The van der Waals surface area contributed by atoms with Gasteiger partial charge in [0.05, 0.1) is 13.2 Å². The smallest absolute Gasteiger partial charge is 0.248 e. The maximum Gasteiger partial charge on any atom is 0.248 e. The molecule has 0 saturated carbocycles. The molecule has 6 heteroatoms. The van der Waals surface area contributed by atoms with Gasteiger partial charge < -0.3 is 25.6 Å². The number of nitrogens with two attached hydrogens (primary N) is 1. The Kier molecular flexibility index (Phi) is 3.25. The molecule has 0 aliphatic carbocycles. The third-order valence-corrected chi connectivity index (χ3v) is 4.06. The Morgan fingerprint density at radius 3 is 2.95 bits per heavy atom. The maximum atomic E-state index is 12.0. The minimum absolute atomic E-state index is 0.167. The number of hydrogen-bond acceptors (Lipinski definition) is 5. The van der Waals surface area contributed by atoms with Crippen LogP contribution in [0.4, 0.5) is 0 Å². The molecular formula is C14H18N2O4. The second-order valence-corrected chi connectivity index (χ2v) is 5.25. The molecule has 0 spiro atoms. The number of carbonyl (C=O) groups is 1. The van der Waals surface area contributed by atoms with Crippen molar-refractivity contribution in [2.75, 3.05) is 13.2 Å². The predicted octanol–water partition coefficient (Wildman–Crippen LogP) is -0.492. The largest absolute Gasteiger partial charge is 0.373 e. The summed E-state index contributed by atoms with van der Waals surface area (Å²) in [6.45, 7) is 0.798. The van der Waals surface area contributed by atoms with Gasteiger partial charge in [-0.3, -0.25) is 4.79 Å². The van der Waals surface area contributed by atoms with Crippen molar-refractivity contribution in [1.82, 2.24) is 5.32 Å². The maximum absolute atomic E-state index is 12.0. The van der Waals surface area contributed by atoms with Crippen molar-refractivity contribution in [1.29, 1.82) is 0 Å². The van der Waals surface area contributed by atoms with E-state index in [1.54, 1.807) is 0 Å². The Hall–Kier alpha value is -1.47. The quantitative estimate of drug-likeness (QED) is 0.649. The van der Waals surface area contributed by atoms with Gasteiger partial charge in [-0.05, 0) is 5.56 Å². The van der Waals surface area contributed by atoms with Crippen LogP contribution in [0.2, 0.25) is 0 Å². The molecule has 2 aliphatic heterocycles. The van der Waals surface area contributed by atoms with Gasteiger partial charge in [-0.15, -0.1) is 0 Å². The van der Waals surface area contributed by atoms with Crippen molar-refractivity contribution in [2.45, 2.75) is 30.5 Å². The van der Waals surface area contributed by atoms with Crippen molar-refractivity contribution >= 4 is 5.91 Å². The van der Waals surface area contributed by atoms with Crippen molar-refractivity contribution in [3.05, 3.63) is 35.9 Å². The van der Waals surface area contributed by atoms with E-state index in [0.717, 1.165) is 5.56 Å². The Bertz CT molecular complexity index is 509. The minimum atomic E-state index is -1.72. The first-order valence-electron chi connectivity index (χ1n) is 6.65. The van der Waals surface area contributed by atoms with Crippen LogP contribution >= 0.6 is 0 Å². The van der Waals surface area contributed by atoms with Gasteiger partial charge in [-0.1, -0.05) is 30.3 Å². The van der Waals surface area contributed by atoms with E-state index in [1.807, 2.05) is 30.3 Å². The number of amides is 1. The Morgan fingerprint density at radius 1 is 1.45 bits per heavy atom. The first kappa shape index (κ1) is 13.5. The molecule has 3 rings (SSSR count). The molecule has 3 atom stereocenters. The molecule has 20 heavy (non-hydrogen) atoms. The molecule has 6 nitrogen and oxygen atoms in total. The average molecular weight is 278 g/mol. The summed E-state index contributed by atoms with van der Waals surface area (Å²) < 4.78 is 11.1. The van der Waals surface area contributed by atoms with Gasteiger partial charge in [-0.25, -0.2) is 0 Å². The summed E-state index contributed by atoms with van der Waals surface area (Å²) in [6.07, 6.45) is -0.398. The standard InChI is InChI=1S/C14H18N2O4/c15-14-11(8-16-12(14)17)19-7-6-13(14,18)20-9-10-4-2-1-3-5-10/h1-5,11,18H,6-9,15H2,(H,16,17). The van der Waals surface area contributed by atoms with Gasteiger partial charge in [-0.2, -0.15) is 0 Å². The highest BCUT2D eigenvalue weighted by Crippen LogP contribution is 2.37. The SMILES string of the molecule is NC12C(=O)NCC1OCCC2(O)OCc1ccccc1. The molecule has 3 unspecified atom stereocenters. The minimum Gasteiger partial charge on any atom is -0.373 e. The number of nitrogens with one attached hydrogen (secondary N) is 1. The molecule has 0 radical (unpaired) electrons. The fourth-order valence-corrected chi connectivity index (χ4v) is 2.77. The van der Waals surface area contributed by atoms with Gasteiger partial charge in [0.1, 0.15) is 6.10 Å². The zero-order valence-electron chi connectivity index (χ0n) is 11.0. The number of ether oxygens (including phenoxy) is 2. The molecule has 1 aromatic rings.